The molecule has 0 saturated carbocycles. The first-order chi connectivity index (χ1) is 11.7. The van der Waals surface area contributed by atoms with E-state index >= 15 is 0 Å². The van der Waals surface area contributed by atoms with Crippen LogP contribution in [-0.2, 0) is 0 Å². The predicted molar refractivity (Wildman–Crippen MR) is 97.0 cm³/mol. The van der Waals surface area contributed by atoms with E-state index in [-0.39, 0.29) is 0 Å². The summed E-state index contributed by atoms with van der Waals surface area (Å²) in [6.45, 7) is 0. The third kappa shape index (κ3) is 1.31. The topological polar surface area (TPSA) is 40.5 Å². The molecule has 0 fully saturated rings. The van der Waals surface area contributed by atoms with Gasteiger partial charge in [-0.2, -0.15) is 0 Å². The summed E-state index contributed by atoms with van der Waals surface area (Å²) in [5.41, 5.74) is 4.02. The zero-order valence-corrected chi connectivity index (χ0v) is 12.8. The van der Waals surface area contributed by atoms with E-state index in [4.69, 9.17) is 0 Å². The molecule has 0 amide bonds. The van der Waals surface area contributed by atoms with Crippen molar-refractivity contribution in [3.8, 4) is 0 Å². The van der Waals surface area contributed by atoms with Crippen LogP contribution >= 0.6 is 0 Å². The Kier molecular flexibility index (Phi) is 2.14. The Morgan fingerprint density at radius 2 is 1.33 bits per heavy atom. The Hall–Kier alpha value is -2.68. The standard InChI is InChI=1S/C22H14O2/c23-17-8-7-13-9-11-3-1-5-14-18(11)21-19-12(10-16(17)20(13)21)4-2-6-15(19)22(14)24/h1-10,17,22-24H. The van der Waals surface area contributed by atoms with Gasteiger partial charge in [-0.3, -0.25) is 0 Å². The summed E-state index contributed by atoms with van der Waals surface area (Å²) in [4.78, 5) is 0. The minimum Gasteiger partial charge on any atom is -0.384 e. The van der Waals surface area contributed by atoms with Crippen molar-refractivity contribution in [1.82, 2.24) is 0 Å². The van der Waals surface area contributed by atoms with Crippen LogP contribution in [0.25, 0.3) is 38.4 Å². The molecule has 2 atom stereocenters. The molecule has 0 radical (unpaired) electrons. The van der Waals surface area contributed by atoms with Crippen LogP contribution in [0.15, 0.2) is 54.6 Å². The van der Waals surface area contributed by atoms with Gasteiger partial charge in [-0.1, -0.05) is 48.6 Å². The lowest BCUT2D eigenvalue weighted by molar-refractivity contribution is 0.223. The predicted octanol–water partition coefficient (Wildman–Crippen LogP) is 4.60. The van der Waals surface area contributed by atoms with Crippen LogP contribution in [-0.4, -0.2) is 10.2 Å². The number of hydrogen-bond donors (Lipinski definition) is 2. The highest BCUT2D eigenvalue weighted by Crippen LogP contribution is 2.49. The summed E-state index contributed by atoms with van der Waals surface area (Å²) in [5.74, 6) is 0. The van der Waals surface area contributed by atoms with Gasteiger partial charge >= 0.3 is 0 Å². The third-order valence-corrected chi connectivity index (χ3v) is 5.57. The van der Waals surface area contributed by atoms with Gasteiger partial charge in [0.15, 0.2) is 0 Å². The molecule has 4 aromatic carbocycles. The van der Waals surface area contributed by atoms with Gasteiger partial charge in [0.25, 0.3) is 0 Å². The molecule has 0 bridgehead atoms. The first-order valence-electron chi connectivity index (χ1n) is 8.23. The van der Waals surface area contributed by atoms with Crippen molar-refractivity contribution in [1.29, 1.82) is 0 Å². The lowest BCUT2D eigenvalue weighted by Crippen LogP contribution is -2.09. The van der Waals surface area contributed by atoms with Crippen LogP contribution < -0.4 is 0 Å². The van der Waals surface area contributed by atoms with E-state index < -0.39 is 12.2 Å². The Morgan fingerprint density at radius 3 is 2.04 bits per heavy atom. The average molecular weight is 310 g/mol. The molecule has 2 N–H and O–H groups in total. The van der Waals surface area contributed by atoms with E-state index in [1.165, 1.54) is 5.39 Å². The number of benzene rings is 4. The number of hydrogen-bond acceptors (Lipinski definition) is 2. The van der Waals surface area contributed by atoms with E-state index in [0.717, 1.165) is 49.2 Å². The Balaban J connectivity index is 2.06. The fourth-order valence-electron chi connectivity index (χ4n) is 4.59. The van der Waals surface area contributed by atoms with Gasteiger partial charge in [0.1, 0.15) is 6.10 Å². The maximum atomic E-state index is 10.9. The van der Waals surface area contributed by atoms with Gasteiger partial charge < -0.3 is 10.2 Å². The summed E-state index contributed by atoms with van der Waals surface area (Å²) in [6.07, 6.45) is 2.68. The fraction of sp³-hybridized carbons (Fsp3) is 0.0909. The van der Waals surface area contributed by atoms with Gasteiger partial charge in [-0.05, 0) is 66.7 Å². The molecule has 0 aromatic heterocycles. The molecule has 2 aliphatic carbocycles. The second kappa shape index (κ2) is 4.04. The Morgan fingerprint density at radius 1 is 0.667 bits per heavy atom. The van der Waals surface area contributed by atoms with E-state index in [9.17, 15) is 10.2 Å². The molecule has 114 valence electrons. The SMILES string of the molecule is OC1C=Cc2cc3cccc4c3c3c2c1cc1cccc(c13)C4O. The molecule has 2 unspecified atom stereocenters. The summed E-state index contributed by atoms with van der Waals surface area (Å²) >= 11 is 0. The average Bonchev–Trinajstić information content (AvgIpc) is 2.61. The van der Waals surface area contributed by atoms with Gasteiger partial charge in [0, 0.05) is 0 Å². The normalized spacial score (nSPS) is 20.8. The maximum absolute atomic E-state index is 10.9. The Bertz CT molecular complexity index is 1210. The molecule has 0 heterocycles. The quantitative estimate of drug-likeness (QED) is 0.466. The van der Waals surface area contributed by atoms with Gasteiger partial charge in [0.05, 0.1) is 6.10 Å². The molecular weight excluding hydrogens is 296 g/mol. The largest absolute Gasteiger partial charge is 0.384 e. The Labute approximate surface area is 138 Å². The van der Waals surface area contributed by atoms with Crippen molar-refractivity contribution in [2.24, 2.45) is 0 Å². The summed E-state index contributed by atoms with van der Waals surface area (Å²) in [7, 11) is 0. The first-order valence-corrected chi connectivity index (χ1v) is 8.23. The van der Waals surface area contributed by atoms with Crippen LogP contribution in [0.2, 0.25) is 0 Å². The van der Waals surface area contributed by atoms with Crippen LogP contribution in [0.3, 0.4) is 0 Å². The van der Waals surface area contributed by atoms with Crippen LogP contribution in [0.4, 0.5) is 0 Å². The molecule has 0 aliphatic heterocycles. The number of rotatable bonds is 0. The second-order valence-corrected chi connectivity index (χ2v) is 6.78. The van der Waals surface area contributed by atoms with Gasteiger partial charge in [-0.15, -0.1) is 0 Å². The van der Waals surface area contributed by atoms with Gasteiger partial charge in [-0.25, -0.2) is 0 Å². The van der Waals surface area contributed by atoms with Crippen LogP contribution in [0.5, 0.6) is 0 Å². The van der Waals surface area contributed by atoms with Crippen molar-refractivity contribution in [2.45, 2.75) is 12.2 Å². The van der Waals surface area contributed by atoms with E-state index in [1.807, 2.05) is 36.4 Å². The second-order valence-electron chi connectivity index (χ2n) is 6.78. The smallest absolute Gasteiger partial charge is 0.105 e. The van der Waals surface area contributed by atoms with Crippen molar-refractivity contribution >= 4 is 38.4 Å². The van der Waals surface area contributed by atoms with Gasteiger partial charge in [0.2, 0.25) is 0 Å². The summed E-state index contributed by atoms with van der Waals surface area (Å²) < 4.78 is 0. The molecule has 0 spiro atoms. The van der Waals surface area contributed by atoms with Crippen molar-refractivity contribution in [3.63, 3.8) is 0 Å². The lowest BCUT2D eigenvalue weighted by atomic mass is 9.78. The first kappa shape index (κ1) is 12.7. The lowest BCUT2D eigenvalue weighted by Gasteiger charge is -2.28. The number of aliphatic hydroxyl groups excluding tert-OH is 2. The molecule has 2 aliphatic rings. The highest BCUT2D eigenvalue weighted by atomic mass is 16.3. The molecule has 6 rings (SSSR count). The molecule has 24 heavy (non-hydrogen) atoms. The number of aliphatic hydroxyl groups is 2. The van der Waals surface area contributed by atoms with Crippen molar-refractivity contribution < 1.29 is 10.2 Å². The van der Waals surface area contributed by atoms with E-state index in [1.54, 1.807) is 0 Å². The molecule has 0 saturated heterocycles. The minimum atomic E-state index is -0.604. The highest BCUT2D eigenvalue weighted by molar-refractivity contribution is 6.26. The zero-order chi connectivity index (χ0) is 16.0. The summed E-state index contributed by atoms with van der Waals surface area (Å²) in [5, 5.41) is 28.2. The molecular formula is C22H14O2. The third-order valence-electron chi connectivity index (χ3n) is 5.57. The molecule has 4 aromatic rings. The van der Waals surface area contributed by atoms with Crippen LogP contribution in [0.1, 0.15) is 34.5 Å². The maximum Gasteiger partial charge on any atom is 0.105 e. The van der Waals surface area contributed by atoms with Crippen molar-refractivity contribution in [2.75, 3.05) is 0 Å². The van der Waals surface area contributed by atoms with Crippen LogP contribution in [0, 0.1) is 0 Å². The van der Waals surface area contributed by atoms with Crippen molar-refractivity contribution in [3.05, 3.63) is 76.9 Å². The monoisotopic (exact) mass is 310 g/mol. The highest BCUT2D eigenvalue weighted by Gasteiger charge is 2.28. The van der Waals surface area contributed by atoms with E-state index in [0.29, 0.717) is 0 Å². The minimum absolute atomic E-state index is 0.581. The molecule has 2 heteroatoms. The molecule has 2 nitrogen and oxygen atoms in total. The summed E-state index contributed by atoms with van der Waals surface area (Å²) in [6, 6.07) is 16.4. The van der Waals surface area contributed by atoms with E-state index in [2.05, 4.69) is 24.3 Å². The fourth-order valence-corrected chi connectivity index (χ4v) is 4.59. The zero-order valence-electron chi connectivity index (χ0n) is 12.8.